The maximum atomic E-state index is 13.9. The molecule has 2 atom stereocenters. The van der Waals surface area contributed by atoms with Crippen LogP contribution in [0.3, 0.4) is 0 Å². The molecule has 2 aromatic carbocycles. The third-order valence-corrected chi connectivity index (χ3v) is 8.29. The summed E-state index contributed by atoms with van der Waals surface area (Å²) in [7, 11) is -2.07. The molecule has 8 heteroatoms. The number of aryl methyl sites for hydroxylation is 2. The molecule has 0 aliphatic carbocycles. The molecular formula is C21H25N3O4S. The van der Waals surface area contributed by atoms with E-state index in [0.717, 1.165) is 29.8 Å². The fraction of sp³-hybridized carbons (Fsp3) is 0.429. The molecule has 7 nitrogen and oxygen atoms in total. The first-order valence-corrected chi connectivity index (χ1v) is 11.1. The Morgan fingerprint density at radius 2 is 1.86 bits per heavy atom. The molecule has 2 unspecified atom stereocenters. The van der Waals surface area contributed by atoms with E-state index in [1.54, 1.807) is 19.9 Å². The molecule has 1 fully saturated rings. The first-order valence-electron chi connectivity index (χ1n) is 9.71. The van der Waals surface area contributed by atoms with Gasteiger partial charge in [-0.2, -0.15) is 0 Å². The zero-order valence-electron chi connectivity index (χ0n) is 17.0. The van der Waals surface area contributed by atoms with Gasteiger partial charge in [0.05, 0.1) is 16.7 Å². The zero-order chi connectivity index (χ0) is 21.1. The minimum Gasteiger partial charge on any atom is -0.306 e. The minimum atomic E-state index is -4.11. The van der Waals surface area contributed by atoms with Crippen molar-refractivity contribution in [3.05, 3.63) is 62.7 Å². The Morgan fingerprint density at radius 1 is 1.14 bits per heavy atom. The van der Waals surface area contributed by atoms with Crippen LogP contribution in [0.25, 0.3) is 0 Å². The van der Waals surface area contributed by atoms with Gasteiger partial charge in [0.2, 0.25) is 0 Å². The van der Waals surface area contributed by atoms with E-state index in [1.165, 1.54) is 10.4 Å². The van der Waals surface area contributed by atoms with Crippen molar-refractivity contribution in [2.45, 2.75) is 44.0 Å². The largest absolute Gasteiger partial charge is 0.306 e. The Kier molecular flexibility index (Phi) is 4.66. The average Bonchev–Trinajstić information content (AvgIpc) is 2.97. The zero-order valence-corrected chi connectivity index (χ0v) is 17.9. The van der Waals surface area contributed by atoms with Crippen LogP contribution in [-0.4, -0.2) is 44.4 Å². The van der Waals surface area contributed by atoms with E-state index < -0.39 is 14.9 Å². The summed E-state index contributed by atoms with van der Waals surface area (Å²) in [6, 6.07) is 8.48. The summed E-state index contributed by atoms with van der Waals surface area (Å²) in [5.41, 5.74) is 3.53. The third-order valence-electron chi connectivity index (χ3n) is 6.27. The highest BCUT2D eigenvalue weighted by Gasteiger charge is 2.48. The summed E-state index contributed by atoms with van der Waals surface area (Å²) in [6.07, 6.45) is 0.687. The number of hydrogen-bond donors (Lipinski definition) is 0. The number of nitro benzene ring substituents is 1. The lowest BCUT2D eigenvalue weighted by Crippen LogP contribution is -2.47. The number of sulfonamides is 1. The summed E-state index contributed by atoms with van der Waals surface area (Å²) in [4.78, 5) is 13.1. The maximum Gasteiger partial charge on any atom is 0.290 e. The van der Waals surface area contributed by atoms with Crippen molar-refractivity contribution in [3.8, 4) is 0 Å². The molecule has 0 aromatic heterocycles. The molecule has 2 aliphatic rings. The second-order valence-electron chi connectivity index (χ2n) is 8.20. The molecule has 154 valence electrons. The van der Waals surface area contributed by atoms with E-state index in [9.17, 15) is 18.5 Å². The Balaban J connectivity index is 1.95. The van der Waals surface area contributed by atoms with Crippen LogP contribution in [0, 0.1) is 30.9 Å². The predicted octanol–water partition coefficient (Wildman–Crippen LogP) is 3.52. The maximum absolute atomic E-state index is 13.9. The number of nitro groups is 1. The van der Waals surface area contributed by atoms with E-state index >= 15 is 0 Å². The fourth-order valence-corrected chi connectivity index (χ4v) is 6.88. The summed E-state index contributed by atoms with van der Waals surface area (Å²) in [6.45, 7) is 6.97. The highest BCUT2D eigenvalue weighted by molar-refractivity contribution is 7.93. The van der Waals surface area contributed by atoms with E-state index in [-0.39, 0.29) is 22.5 Å². The van der Waals surface area contributed by atoms with Crippen molar-refractivity contribution in [1.82, 2.24) is 4.90 Å². The minimum absolute atomic E-state index is 0.0580. The van der Waals surface area contributed by atoms with Crippen molar-refractivity contribution in [2.75, 3.05) is 24.4 Å². The summed E-state index contributed by atoms with van der Waals surface area (Å²) < 4.78 is 29.3. The van der Waals surface area contributed by atoms with Gasteiger partial charge in [-0.3, -0.25) is 14.4 Å². The number of hydrogen-bond acceptors (Lipinski definition) is 5. The van der Waals surface area contributed by atoms with Crippen LogP contribution in [0.2, 0.25) is 0 Å². The summed E-state index contributed by atoms with van der Waals surface area (Å²) in [5, 5.41) is 11.7. The number of piperidine rings is 1. The van der Waals surface area contributed by atoms with Crippen LogP contribution in [0.4, 0.5) is 11.4 Å². The van der Waals surface area contributed by atoms with Gasteiger partial charge in [-0.05, 0) is 63.5 Å². The number of rotatable bonds is 3. The molecule has 29 heavy (non-hydrogen) atoms. The van der Waals surface area contributed by atoms with E-state index in [1.807, 2.05) is 26.1 Å². The molecular weight excluding hydrogens is 390 g/mol. The SMILES string of the molecule is Cc1ccc2c(c1)C1CN(C)CCC1N2S(=O)(=O)c1c([N+](=O)[O-])ccc(C)c1C. The molecule has 0 saturated carbocycles. The van der Waals surface area contributed by atoms with Crippen molar-refractivity contribution in [2.24, 2.45) is 0 Å². The molecule has 2 heterocycles. The Labute approximate surface area is 171 Å². The molecule has 0 radical (unpaired) electrons. The standard InChI is InChI=1S/C21H25N3O4S/c1-13-5-7-18-16(11-13)17-12-22(4)10-9-19(17)23(18)29(27,28)21-15(3)14(2)6-8-20(21)24(25)26/h5-8,11,17,19H,9-10,12H2,1-4H3. The lowest BCUT2D eigenvalue weighted by atomic mass is 9.89. The Morgan fingerprint density at radius 3 is 2.55 bits per heavy atom. The number of nitrogens with zero attached hydrogens (tertiary/aromatic N) is 3. The van der Waals surface area contributed by atoms with Gasteiger partial charge in [-0.1, -0.05) is 23.8 Å². The van der Waals surface area contributed by atoms with Crippen LogP contribution in [0.5, 0.6) is 0 Å². The molecule has 2 aliphatic heterocycles. The van der Waals surface area contributed by atoms with E-state index in [0.29, 0.717) is 17.7 Å². The van der Waals surface area contributed by atoms with Gasteiger partial charge >= 0.3 is 0 Å². The number of likely N-dealkylation sites (N-methyl/N-ethyl adjacent to an activating group) is 1. The van der Waals surface area contributed by atoms with Gasteiger partial charge < -0.3 is 4.90 Å². The number of fused-ring (bicyclic) bond motifs is 3. The van der Waals surface area contributed by atoms with Crippen LogP contribution >= 0.6 is 0 Å². The van der Waals surface area contributed by atoms with Crippen molar-refractivity contribution >= 4 is 21.4 Å². The molecule has 1 saturated heterocycles. The molecule has 4 rings (SSSR count). The Hall–Kier alpha value is -2.45. The summed E-state index contributed by atoms with van der Waals surface area (Å²) >= 11 is 0. The normalized spacial score (nSPS) is 21.7. The topological polar surface area (TPSA) is 83.8 Å². The van der Waals surface area contributed by atoms with Crippen LogP contribution < -0.4 is 4.31 Å². The van der Waals surface area contributed by atoms with Crippen molar-refractivity contribution in [3.63, 3.8) is 0 Å². The number of likely N-dealkylation sites (tertiary alicyclic amines) is 1. The fourth-order valence-electron chi connectivity index (χ4n) is 4.69. The van der Waals surface area contributed by atoms with Crippen molar-refractivity contribution < 1.29 is 13.3 Å². The molecule has 0 N–H and O–H groups in total. The van der Waals surface area contributed by atoms with Gasteiger partial charge in [-0.15, -0.1) is 0 Å². The average molecular weight is 416 g/mol. The monoisotopic (exact) mass is 415 g/mol. The molecule has 2 aromatic rings. The third kappa shape index (κ3) is 3.02. The van der Waals surface area contributed by atoms with Crippen LogP contribution in [-0.2, 0) is 10.0 Å². The highest BCUT2D eigenvalue weighted by atomic mass is 32.2. The quantitative estimate of drug-likeness (QED) is 0.566. The van der Waals surface area contributed by atoms with E-state index in [4.69, 9.17) is 0 Å². The molecule has 0 amide bonds. The second-order valence-corrected chi connectivity index (χ2v) is 9.95. The lowest BCUT2D eigenvalue weighted by molar-refractivity contribution is -0.387. The molecule has 0 bridgehead atoms. The molecule has 0 spiro atoms. The lowest BCUT2D eigenvalue weighted by Gasteiger charge is -2.36. The number of anilines is 1. The smallest absolute Gasteiger partial charge is 0.290 e. The Bertz CT molecular complexity index is 1110. The van der Waals surface area contributed by atoms with Gasteiger partial charge in [0.15, 0.2) is 4.90 Å². The highest BCUT2D eigenvalue weighted by Crippen LogP contribution is 2.48. The van der Waals surface area contributed by atoms with Gasteiger partial charge in [0, 0.05) is 18.5 Å². The number of benzene rings is 2. The first kappa shape index (κ1) is 19.8. The van der Waals surface area contributed by atoms with Crippen LogP contribution in [0.15, 0.2) is 35.2 Å². The van der Waals surface area contributed by atoms with Gasteiger partial charge in [-0.25, -0.2) is 8.42 Å². The summed E-state index contributed by atoms with van der Waals surface area (Å²) in [5.74, 6) is 0.0580. The second kappa shape index (κ2) is 6.81. The van der Waals surface area contributed by atoms with Gasteiger partial charge in [0.25, 0.3) is 15.7 Å². The van der Waals surface area contributed by atoms with Crippen LogP contribution in [0.1, 0.15) is 34.6 Å². The van der Waals surface area contributed by atoms with E-state index in [2.05, 4.69) is 11.0 Å². The van der Waals surface area contributed by atoms with Crippen molar-refractivity contribution in [1.29, 1.82) is 0 Å². The predicted molar refractivity (Wildman–Crippen MR) is 112 cm³/mol. The first-order chi connectivity index (χ1) is 13.6. The van der Waals surface area contributed by atoms with Gasteiger partial charge in [0.1, 0.15) is 0 Å².